The molecule has 0 saturated heterocycles. The molecule has 1 aromatic rings. The van der Waals surface area contributed by atoms with Gasteiger partial charge >= 0.3 is 0 Å². The Labute approximate surface area is 133 Å². The van der Waals surface area contributed by atoms with Crippen molar-refractivity contribution in [3.63, 3.8) is 0 Å². The Bertz CT molecular complexity index is 513. The second-order valence-electron chi connectivity index (χ2n) is 6.70. The molecule has 0 spiro atoms. The molecule has 0 radical (unpaired) electrons. The summed E-state index contributed by atoms with van der Waals surface area (Å²) in [5, 5.41) is 11.0. The van der Waals surface area contributed by atoms with Gasteiger partial charge in [0.05, 0.1) is 17.8 Å². The number of ketones is 1. The van der Waals surface area contributed by atoms with Gasteiger partial charge in [0.2, 0.25) is 0 Å². The van der Waals surface area contributed by atoms with E-state index in [-0.39, 0.29) is 35.7 Å². The van der Waals surface area contributed by atoms with Crippen LogP contribution in [0.4, 0.5) is 0 Å². The van der Waals surface area contributed by atoms with E-state index in [9.17, 15) is 9.90 Å². The highest BCUT2D eigenvalue weighted by Crippen LogP contribution is 2.43. The highest BCUT2D eigenvalue weighted by atomic mass is 16.5. The number of hydrogen-bond donors (Lipinski definition) is 1. The zero-order valence-corrected chi connectivity index (χ0v) is 14.2. The van der Waals surface area contributed by atoms with Crippen LogP contribution >= 0.6 is 0 Å². The van der Waals surface area contributed by atoms with Gasteiger partial charge in [0.1, 0.15) is 5.78 Å². The number of ether oxygens (including phenoxy) is 1. The highest BCUT2D eigenvalue weighted by molar-refractivity contribution is 5.85. The lowest BCUT2D eigenvalue weighted by Crippen LogP contribution is -2.59. The zero-order chi connectivity index (χ0) is 16.5. The zero-order valence-electron chi connectivity index (χ0n) is 14.2. The van der Waals surface area contributed by atoms with Crippen LogP contribution in [0.2, 0.25) is 0 Å². The average molecular weight is 304 g/mol. The van der Waals surface area contributed by atoms with Crippen LogP contribution in [0, 0.1) is 17.8 Å². The van der Waals surface area contributed by atoms with Crippen molar-refractivity contribution in [2.24, 2.45) is 17.8 Å². The van der Waals surface area contributed by atoms with Crippen LogP contribution in [0.5, 0.6) is 0 Å². The number of rotatable bonds is 4. The minimum Gasteiger partial charge on any atom is -0.389 e. The van der Waals surface area contributed by atoms with Crippen molar-refractivity contribution in [2.45, 2.75) is 58.8 Å². The fraction of sp³-hybridized carbons (Fsp3) is 0.632. The van der Waals surface area contributed by atoms with Crippen LogP contribution in [-0.2, 0) is 9.53 Å². The molecule has 1 N–H and O–H groups in total. The first-order valence-corrected chi connectivity index (χ1v) is 8.29. The quantitative estimate of drug-likeness (QED) is 0.921. The van der Waals surface area contributed by atoms with Crippen molar-refractivity contribution in [3.05, 3.63) is 35.9 Å². The number of benzene rings is 1. The molecular formula is C19H28O3. The molecule has 1 aliphatic carbocycles. The van der Waals surface area contributed by atoms with Crippen LogP contribution in [-0.4, -0.2) is 22.6 Å². The lowest BCUT2D eigenvalue weighted by molar-refractivity contribution is -0.186. The van der Waals surface area contributed by atoms with Crippen molar-refractivity contribution in [2.75, 3.05) is 0 Å². The van der Waals surface area contributed by atoms with E-state index >= 15 is 0 Å². The maximum absolute atomic E-state index is 12.5. The molecule has 1 saturated carbocycles. The average Bonchev–Trinajstić information content (AvgIpc) is 2.55. The van der Waals surface area contributed by atoms with Crippen molar-refractivity contribution in [1.29, 1.82) is 0 Å². The predicted octanol–water partition coefficient (Wildman–Crippen LogP) is 3.76. The van der Waals surface area contributed by atoms with E-state index < -0.39 is 5.60 Å². The summed E-state index contributed by atoms with van der Waals surface area (Å²) in [4.78, 5) is 12.5. The lowest BCUT2D eigenvalue weighted by Gasteiger charge is -2.49. The van der Waals surface area contributed by atoms with Gasteiger partial charge in [0.25, 0.3) is 0 Å². The molecule has 22 heavy (non-hydrogen) atoms. The lowest BCUT2D eigenvalue weighted by atomic mass is 9.63. The van der Waals surface area contributed by atoms with Gasteiger partial charge in [-0.1, -0.05) is 58.0 Å². The van der Waals surface area contributed by atoms with E-state index in [1.165, 1.54) is 0 Å². The van der Waals surface area contributed by atoms with Crippen LogP contribution < -0.4 is 0 Å². The summed E-state index contributed by atoms with van der Waals surface area (Å²) in [7, 11) is 0. The predicted molar refractivity (Wildman–Crippen MR) is 87.5 cm³/mol. The van der Waals surface area contributed by atoms with Gasteiger partial charge in [0, 0.05) is 17.8 Å². The monoisotopic (exact) mass is 304 g/mol. The molecule has 1 aromatic carbocycles. The normalized spacial score (nSPS) is 37.1. The Morgan fingerprint density at radius 3 is 2.36 bits per heavy atom. The largest absolute Gasteiger partial charge is 0.389 e. The summed E-state index contributed by atoms with van der Waals surface area (Å²) in [6.07, 6.45) is 0.204. The molecule has 0 aromatic heterocycles. The summed E-state index contributed by atoms with van der Waals surface area (Å²) in [6.45, 7) is 9.71. The molecular weight excluding hydrogens is 276 g/mol. The van der Waals surface area contributed by atoms with E-state index in [2.05, 4.69) is 0 Å². The van der Waals surface area contributed by atoms with Crippen LogP contribution in [0.1, 0.15) is 52.7 Å². The summed E-state index contributed by atoms with van der Waals surface area (Å²) in [5.41, 5.74) is 0.109. The van der Waals surface area contributed by atoms with Gasteiger partial charge in [-0.25, -0.2) is 0 Å². The summed E-state index contributed by atoms with van der Waals surface area (Å²) in [5.74, 6) is -0.503. The number of carbonyl (C=O) groups excluding carboxylic acids is 1. The van der Waals surface area contributed by atoms with Gasteiger partial charge in [-0.05, 0) is 18.9 Å². The summed E-state index contributed by atoms with van der Waals surface area (Å²) >= 11 is 0. The Hall–Kier alpha value is -1.19. The minimum absolute atomic E-state index is 0.0774. The first-order valence-electron chi connectivity index (χ1n) is 8.29. The SMILES string of the molecule is CC[C@@]1(O)[C@H](C)C(=O)[C@@H](C)[C@@H](O[C@@H](C)c2ccccc2)[C@@H]1C. The third kappa shape index (κ3) is 2.84. The van der Waals surface area contributed by atoms with Crippen molar-refractivity contribution in [1.82, 2.24) is 0 Å². The summed E-state index contributed by atoms with van der Waals surface area (Å²) in [6, 6.07) is 10.00. The maximum Gasteiger partial charge on any atom is 0.143 e. The minimum atomic E-state index is -0.981. The van der Waals surface area contributed by atoms with E-state index in [1.807, 2.05) is 65.0 Å². The van der Waals surface area contributed by atoms with Gasteiger partial charge in [-0.3, -0.25) is 4.79 Å². The Kier molecular flexibility index (Phi) is 5.08. The Balaban J connectivity index is 2.23. The van der Waals surface area contributed by atoms with Crippen LogP contribution in [0.25, 0.3) is 0 Å². The Morgan fingerprint density at radius 2 is 1.82 bits per heavy atom. The number of aliphatic hydroxyl groups is 1. The van der Waals surface area contributed by atoms with Crippen LogP contribution in [0.15, 0.2) is 30.3 Å². The molecule has 0 aliphatic heterocycles. The molecule has 1 fully saturated rings. The molecule has 6 atom stereocenters. The number of carbonyl (C=O) groups is 1. The molecule has 0 heterocycles. The van der Waals surface area contributed by atoms with Gasteiger partial charge in [-0.2, -0.15) is 0 Å². The standard InChI is InChI=1S/C19H28O3/c1-6-19(21)13(3)17(20)12(2)18(14(19)4)22-15(5)16-10-8-7-9-11-16/h7-15,18,21H,6H2,1-5H3/t12-,13-,14+,15+,18-,19-/m1/s1. The smallest absolute Gasteiger partial charge is 0.143 e. The van der Waals surface area contributed by atoms with E-state index in [0.717, 1.165) is 5.56 Å². The fourth-order valence-electron chi connectivity index (χ4n) is 3.82. The fourth-order valence-corrected chi connectivity index (χ4v) is 3.82. The van der Waals surface area contributed by atoms with Crippen molar-refractivity contribution >= 4 is 5.78 Å². The number of hydrogen-bond acceptors (Lipinski definition) is 3. The first-order chi connectivity index (χ1) is 10.3. The third-order valence-corrected chi connectivity index (χ3v) is 5.60. The third-order valence-electron chi connectivity index (χ3n) is 5.60. The van der Waals surface area contributed by atoms with Crippen molar-refractivity contribution in [3.8, 4) is 0 Å². The number of Topliss-reactive ketones (excluding diaryl/α,β-unsaturated/α-hetero) is 1. The van der Waals surface area contributed by atoms with E-state index in [4.69, 9.17) is 4.74 Å². The molecule has 3 nitrogen and oxygen atoms in total. The molecule has 0 amide bonds. The molecule has 0 bridgehead atoms. The molecule has 0 unspecified atom stereocenters. The topological polar surface area (TPSA) is 46.5 Å². The second kappa shape index (κ2) is 6.51. The second-order valence-corrected chi connectivity index (χ2v) is 6.70. The molecule has 122 valence electrons. The van der Waals surface area contributed by atoms with E-state index in [0.29, 0.717) is 6.42 Å². The van der Waals surface area contributed by atoms with Crippen LogP contribution in [0.3, 0.4) is 0 Å². The van der Waals surface area contributed by atoms with Gasteiger partial charge in [-0.15, -0.1) is 0 Å². The summed E-state index contributed by atoms with van der Waals surface area (Å²) < 4.78 is 6.24. The van der Waals surface area contributed by atoms with Gasteiger partial charge < -0.3 is 9.84 Å². The van der Waals surface area contributed by atoms with E-state index in [1.54, 1.807) is 0 Å². The maximum atomic E-state index is 12.5. The van der Waals surface area contributed by atoms with Gasteiger partial charge in [0.15, 0.2) is 0 Å². The van der Waals surface area contributed by atoms with Crippen molar-refractivity contribution < 1.29 is 14.6 Å². The molecule has 2 rings (SSSR count). The first kappa shape index (κ1) is 17.2. The highest BCUT2D eigenvalue weighted by Gasteiger charge is 2.53. The Morgan fingerprint density at radius 1 is 1.23 bits per heavy atom. The molecule has 3 heteroatoms. The molecule has 1 aliphatic rings.